The summed E-state index contributed by atoms with van der Waals surface area (Å²) in [5.41, 5.74) is 3.52. The van der Waals surface area contributed by atoms with Crippen LogP contribution in [-0.4, -0.2) is 10.2 Å². The third kappa shape index (κ3) is 0.328. The fourth-order valence-electron chi connectivity index (χ4n) is 1.46. The van der Waals surface area contributed by atoms with E-state index in [-0.39, 0.29) is 0 Å². The van der Waals surface area contributed by atoms with Gasteiger partial charge in [0, 0.05) is 11.8 Å². The summed E-state index contributed by atoms with van der Waals surface area (Å²) in [6.45, 7) is 0. The third-order valence-electron chi connectivity index (χ3n) is 1.95. The summed E-state index contributed by atoms with van der Waals surface area (Å²) in [6, 6.07) is 6.23. The minimum absolute atomic E-state index is 1.08. The first kappa shape index (κ1) is 4.50. The smallest absolute Gasteiger partial charge is 0.0786 e. The van der Waals surface area contributed by atoms with Crippen LogP contribution in [-0.2, 0) is 0 Å². The Labute approximate surface area is 57.9 Å². The van der Waals surface area contributed by atoms with Crippen LogP contribution in [0.15, 0.2) is 18.2 Å². The van der Waals surface area contributed by atoms with Gasteiger partial charge in [-0.25, -0.2) is 0 Å². The van der Waals surface area contributed by atoms with Crippen LogP contribution in [0.25, 0.3) is 10.9 Å². The van der Waals surface area contributed by atoms with Crippen LogP contribution >= 0.6 is 0 Å². The molecule has 1 aliphatic rings. The zero-order chi connectivity index (χ0) is 6.55. The van der Waals surface area contributed by atoms with Gasteiger partial charge in [-0.2, -0.15) is 5.10 Å². The van der Waals surface area contributed by atoms with Gasteiger partial charge in [-0.05, 0) is 5.56 Å². The Bertz CT molecular complexity index is 401. The average molecular weight is 129 g/mol. The Hall–Kier alpha value is -1.31. The Balaban J connectivity index is 2.73. The summed E-state index contributed by atoms with van der Waals surface area (Å²) in [7, 11) is 0. The summed E-state index contributed by atoms with van der Waals surface area (Å²) in [6.07, 6.45) is 2.10. The molecule has 0 fully saturated rings. The number of para-hydroxylation sites is 1. The van der Waals surface area contributed by atoms with Crippen molar-refractivity contribution in [2.75, 3.05) is 0 Å². The molecule has 1 aromatic heterocycles. The van der Waals surface area contributed by atoms with Crippen LogP contribution in [0.1, 0.15) is 11.3 Å². The fourth-order valence-corrected chi connectivity index (χ4v) is 1.46. The molecular weight excluding hydrogens is 124 g/mol. The number of hydrogen-bond donors (Lipinski definition) is 1. The van der Waals surface area contributed by atoms with E-state index < -0.39 is 0 Å². The highest BCUT2D eigenvalue weighted by Crippen LogP contribution is 2.30. The zero-order valence-corrected chi connectivity index (χ0v) is 5.26. The topological polar surface area (TPSA) is 28.7 Å². The van der Waals surface area contributed by atoms with E-state index in [4.69, 9.17) is 0 Å². The van der Waals surface area contributed by atoms with Gasteiger partial charge in [0.25, 0.3) is 0 Å². The van der Waals surface area contributed by atoms with E-state index in [0.717, 1.165) is 5.69 Å². The minimum Gasteiger partial charge on any atom is -0.277 e. The van der Waals surface area contributed by atoms with Gasteiger partial charge in [0.15, 0.2) is 0 Å². The van der Waals surface area contributed by atoms with E-state index in [1.165, 1.54) is 16.5 Å². The summed E-state index contributed by atoms with van der Waals surface area (Å²) in [5, 5.41) is 8.31. The van der Waals surface area contributed by atoms with Crippen molar-refractivity contribution in [2.24, 2.45) is 0 Å². The van der Waals surface area contributed by atoms with Crippen molar-refractivity contribution in [1.29, 1.82) is 0 Å². The molecule has 0 spiro atoms. The first-order valence-corrected chi connectivity index (χ1v) is 3.27. The molecule has 1 aromatic carbocycles. The number of nitrogens with one attached hydrogen (secondary N) is 1. The molecule has 3 rings (SSSR count). The lowest BCUT2D eigenvalue weighted by molar-refractivity contribution is 1.06. The predicted octanol–water partition coefficient (Wildman–Crippen LogP) is 1.48. The highest BCUT2D eigenvalue weighted by Gasteiger charge is 2.16. The molecule has 0 saturated carbocycles. The van der Waals surface area contributed by atoms with Gasteiger partial charge in [0.05, 0.1) is 11.2 Å². The predicted molar refractivity (Wildman–Crippen MR) is 38.6 cm³/mol. The standard InChI is InChI=1S/C8H5N2/c1-2-5-4-7-6(3-1)8(5)10-9-7/h1-4H,(H,9,10). The molecule has 1 N–H and O–H groups in total. The van der Waals surface area contributed by atoms with E-state index in [1.54, 1.807) is 0 Å². The molecule has 0 amide bonds. The van der Waals surface area contributed by atoms with Crippen LogP contribution in [0.3, 0.4) is 0 Å². The Morgan fingerprint density at radius 2 is 2.30 bits per heavy atom. The number of benzene rings is 1. The van der Waals surface area contributed by atoms with Crippen LogP contribution in [0, 0.1) is 6.42 Å². The largest absolute Gasteiger partial charge is 0.277 e. The number of rotatable bonds is 0. The molecule has 10 heavy (non-hydrogen) atoms. The van der Waals surface area contributed by atoms with Crippen LogP contribution in [0.5, 0.6) is 0 Å². The highest BCUT2D eigenvalue weighted by atomic mass is 15.1. The Morgan fingerprint density at radius 1 is 1.30 bits per heavy atom. The molecule has 1 heterocycles. The first-order chi connectivity index (χ1) is 4.95. The van der Waals surface area contributed by atoms with Crippen molar-refractivity contribution in [1.82, 2.24) is 10.2 Å². The fraction of sp³-hybridized carbons (Fsp3) is 0. The van der Waals surface area contributed by atoms with Crippen molar-refractivity contribution in [3.8, 4) is 0 Å². The number of H-pyrrole nitrogens is 1. The lowest BCUT2D eigenvalue weighted by Crippen LogP contribution is -1.85. The van der Waals surface area contributed by atoms with Gasteiger partial charge >= 0.3 is 0 Å². The van der Waals surface area contributed by atoms with Gasteiger partial charge in [-0.1, -0.05) is 18.2 Å². The SMILES string of the molecule is [CH]1c2n[nH]c3c1cccc23. The lowest BCUT2D eigenvalue weighted by atomic mass is 10.2. The molecule has 0 saturated heterocycles. The van der Waals surface area contributed by atoms with Crippen molar-refractivity contribution in [3.63, 3.8) is 0 Å². The van der Waals surface area contributed by atoms with E-state index in [0.29, 0.717) is 0 Å². The van der Waals surface area contributed by atoms with Gasteiger partial charge in [-0.15, -0.1) is 0 Å². The molecule has 0 unspecified atom stereocenters. The monoisotopic (exact) mass is 129 g/mol. The molecule has 2 aromatic rings. The molecule has 0 aliphatic heterocycles. The van der Waals surface area contributed by atoms with E-state index in [1.807, 2.05) is 0 Å². The molecule has 1 radical (unpaired) electrons. The molecule has 47 valence electrons. The normalized spacial score (nSPS) is 13.6. The number of nitrogens with zero attached hydrogens (tertiary/aromatic N) is 1. The molecule has 1 aliphatic carbocycles. The van der Waals surface area contributed by atoms with Gasteiger partial charge in [-0.3, -0.25) is 5.10 Å². The Morgan fingerprint density at radius 3 is 3.10 bits per heavy atom. The van der Waals surface area contributed by atoms with E-state index in [2.05, 4.69) is 34.8 Å². The second-order valence-corrected chi connectivity index (χ2v) is 2.52. The van der Waals surface area contributed by atoms with Gasteiger partial charge in [0.1, 0.15) is 0 Å². The molecule has 2 nitrogen and oxygen atoms in total. The number of hydrogen-bond acceptors (Lipinski definition) is 1. The second kappa shape index (κ2) is 1.24. The number of aromatic nitrogens is 2. The zero-order valence-electron chi connectivity index (χ0n) is 5.26. The van der Waals surface area contributed by atoms with Crippen molar-refractivity contribution in [3.05, 3.63) is 35.9 Å². The molecule has 4 bridgehead atoms. The van der Waals surface area contributed by atoms with Crippen LogP contribution < -0.4 is 0 Å². The van der Waals surface area contributed by atoms with Crippen LogP contribution in [0.2, 0.25) is 0 Å². The average Bonchev–Trinajstić information content (AvgIpc) is 2.44. The van der Waals surface area contributed by atoms with Gasteiger partial charge < -0.3 is 0 Å². The quantitative estimate of drug-likeness (QED) is 0.489. The second-order valence-electron chi connectivity index (χ2n) is 2.52. The number of aromatic amines is 1. The summed E-state index contributed by atoms with van der Waals surface area (Å²) in [5.74, 6) is 0. The molecule has 2 heteroatoms. The highest BCUT2D eigenvalue weighted by molar-refractivity contribution is 5.92. The molecular formula is C8H5N2. The summed E-state index contributed by atoms with van der Waals surface area (Å²) in [4.78, 5) is 0. The van der Waals surface area contributed by atoms with Crippen molar-refractivity contribution >= 4 is 10.9 Å². The van der Waals surface area contributed by atoms with Gasteiger partial charge in [0.2, 0.25) is 0 Å². The summed E-state index contributed by atoms with van der Waals surface area (Å²) < 4.78 is 0. The van der Waals surface area contributed by atoms with E-state index >= 15 is 0 Å². The van der Waals surface area contributed by atoms with E-state index in [9.17, 15) is 0 Å². The first-order valence-electron chi connectivity index (χ1n) is 3.27. The van der Waals surface area contributed by atoms with Crippen molar-refractivity contribution < 1.29 is 0 Å². The lowest BCUT2D eigenvalue weighted by Gasteiger charge is -1.92. The maximum atomic E-state index is 4.09. The maximum Gasteiger partial charge on any atom is 0.0786 e. The molecule has 0 atom stereocenters. The van der Waals surface area contributed by atoms with Crippen molar-refractivity contribution in [2.45, 2.75) is 0 Å². The summed E-state index contributed by atoms with van der Waals surface area (Å²) >= 11 is 0. The third-order valence-corrected chi connectivity index (χ3v) is 1.95. The maximum absolute atomic E-state index is 4.09. The van der Waals surface area contributed by atoms with Crippen LogP contribution in [0.4, 0.5) is 0 Å². The minimum atomic E-state index is 1.08. The Kier molecular flexibility index (Phi) is 0.556.